The first-order valence-electron chi connectivity index (χ1n) is 11.9. The van der Waals surface area contributed by atoms with Crippen LogP contribution in [0, 0.1) is 0 Å². The maximum Gasteiger partial charge on any atom is 0.338 e. The lowest BCUT2D eigenvalue weighted by Gasteiger charge is -2.25. The van der Waals surface area contributed by atoms with Gasteiger partial charge in [-0.3, -0.25) is 9.36 Å². The summed E-state index contributed by atoms with van der Waals surface area (Å²) in [5.41, 5.74) is 3.35. The number of aromatic nitrogens is 1. The first-order valence-corrected chi connectivity index (χ1v) is 12.7. The summed E-state index contributed by atoms with van der Waals surface area (Å²) >= 11 is 1.29. The molecular weight excluding hydrogens is 488 g/mol. The van der Waals surface area contributed by atoms with Crippen LogP contribution in [0.5, 0.6) is 11.5 Å². The van der Waals surface area contributed by atoms with Crippen molar-refractivity contribution in [2.75, 3.05) is 20.8 Å². The number of ether oxygens (including phenoxy) is 3. The number of rotatable bonds is 8. The SMILES string of the molecule is C=CCOC(=O)C1=C(C)N=c2s/c(=C\c3ccc(C(C)C)cc3)c(=O)n2[C@@H]1c1ccc(OC)c(OC)c1. The molecule has 1 aliphatic heterocycles. The number of carbonyl (C=O) groups is 1. The van der Waals surface area contributed by atoms with Crippen molar-refractivity contribution >= 4 is 23.4 Å². The number of hydrogen-bond donors (Lipinski definition) is 0. The van der Waals surface area contributed by atoms with E-state index in [9.17, 15) is 9.59 Å². The lowest BCUT2D eigenvalue weighted by atomic mass is 9.95. The maximum atomic E-state index is 13.8. The minimum atomic E-state index is -0.751. The molecule has 3 aromatic rings. The zero-order chi connectivity index (χ0) is 26.7. The summed E-state index contributed by atoms with van der Waals surface area (Å²) < 4.78 is 18.4. The fourth-order valence-corrected chi connectivity index (χ4v) is 5.31. The Bertz CT molecular complexity index is 1540. The second-order valence-electron chi connectivity index (χ2n) is 8.90. The Morgan fingerprint density at radius 1 is 1.14 bits per heavy atom. The highest BCUT2D eigenvalue weighted by Crippen LogP contribution is 2.36. The number of carbonyl (C=O) groups excluding carboxylic acids is 1. The molecule has 8 heteroatoms. The van der Waals surface area contributed by atoms with Gasteiger partial charge in [0.25, 0.3) is 5.56 Å². The summed E-state index contributed by atoms with van der Waals surface area (Å²) in [5.74, 6) is 0.892. The monoisotopic (exact) mass is 518 g/mol. The third-order valence-corrected chi connectivity index (χ3v) is 7.18. The van der Waals surface area contributed by atoms with Crippen LogP contribution in [0.1, 0.15) is 49.4 Å². The molecule has 2 heterocycles. The minimum absolute atomic E-state index is 0.0467. The van der Waals surface area contributed by atoms with Gasteiger partial charge in [-0.2, -0.15) is 0 Å². The highest BCUT2D eigenvalue weighted by molar-refractivity contribution is 7.07. The highest BCUT2D eigenvalue weighted by atomic mass is 32.1. The summed E-state index contributed by atoms with van der Waals surface area (Å²) in [6, 6.07) is 12.7. The van der Waals surface area contributed by atoms with Gasteiger partial charge in [-0.15, -0.1) is 0 Å². The molecule has 0 N–H and O–H groups in total. The predicted molar refractivity (Wildman–Crippen MR) is 145 cm³/mol. The van der Waals surface area contributed by atoms with Gasteiger partial charge in [-0.1, -0.05) is 68.2 Å². The molecule has 0 amide bonds. The van der Waals surface area contributed by atoms with E-state index < -0.39 is 12.0 Å². The van der Waals surface area contributed by atoms with Gasteiger partial charge < -0.3 is 14.2 Å². The van der Waals surface area contributed by atoms with E-state index in [0.29, 0.717) is 38.0 Å². The van der Waals surface area contributed by atoms with E-state index in [1.165, 1.54) is 30.1 Å². The summed E-state index contributed by atoms with van der Waals surface area (Å²) in [4.78, 5) is 32.1. The van der Waals surface area contributed by atoms with E-state index in [0.717, 1.165) is 5.56 Å². The molecule has 0 fully saturated rings. The molecule has 7 nitrogen and oxygen atoms in total. The number of esters is 1. The van der Waals surface area contributed by atoms with E-state index in [2.05, 4.69) is 37.6 Å². The topological polar surface area (TPSA) is 79.1 Å². The quantitative estimate of drug-likeness (QED) is 0.331. The van der Waals surface area contributed by atoms with E-state index >= 15 is 0 Å². The fraction of sp³-hybridized carbons (Fsp3) is 0.276. The normalized spacial score (nSPS) is 15.3. The second-order valence-corrected chi connectivity index (χ2v) is 9.91. The summed E-state index contributed by atoms with van der Waals surface area (Å²) in [5, 5.41) is 0. The first kappa shape index (κ1) is 26.2. The number of nitrogens with zero attached hydrogens (tertiary/aromatic N) is 2. The first-order chi connectivity index (χ1) is 17.8. The Hall–Kier alpha value is -3.91. The van der Waals surface area contributed by atoms with Crippen molar-refractivity contribution in [2.45, 2.75) is 32.7 Å². The van der Waals surface area contributed by atoms with Gasteiger partial charge in [0.15, 0.2) is 16.3 Å². The van der Waals surface area contributed by atoms with Gasteiger partial charge in [0.1, 0.15) is 6.61 Å². The van der Waals surface area contributed by atoms with E-state index in [4.69, 9.17) is 14.2 Å². The van der Waals surface area contributed by atoms with Crippen LogP contribution in [0.15, 0.2) is 76.2 Å². The molecule has 0 spiro atoms. The van der Waals surface area contributed by atoms with Gasteiger partial charge in [-0.05, 0) is 47.7 Å². The molecule has 0 radical (unpaired) electrons. The molecule has 1 atom stereocenters. The Morgan fingerprint density at radius 2 is 1.84 bits per heavy atom. The third-order valence-electron chi connectivity index (χ3n) is 6.20. The van der Waals surface area contributed by atoms with Crippen molar-refractivity contribution in [1.29, 1.82) is 0 Å². The van der Waals surface area contributed by atoms with Gasteiger partial charge >= 0.3 is 5.97 Å². The number of methoxy groups -OCH3 is 2. The van der Waals surface area contributed by atoms with Crippen molar-refractivity contribution in [3.8, 4) is 11.5 Å². The van der Waals surface area contributed by atoms with Crippen LogP contribution in [0.25, 0.3) is 6.08 Å². The van der Waals surface area contributed by atoms with Gasteiger partial charge in [0, 0.05) is 0 Å². The fourth-order valence-electron chi connectivity index (χ4n) is 4.26. The molecule has 1 aromatic heterocycles. The van der Waals surface area contributed by atoms with E-state index in [1.807, 2.05) is 24.3 Å². The van der Waals surface area contributed by atoms with Gasteiger partial charge in [0.2, 0.25) is 0 Å². The summed E-state index contributed by atoms with van der Waals surface area (Å²) in [6.07, 6.45) is 3.35. The molecular formula is C29H30N2O5S. The predicted octanol–water partition coefficient (Wildman–Crippen LogP) is 4.11. The smallest absolute Gasteiger partial charge is 0.338 e. The van der Waals surface area contributed by atoms with Crippen LogP contribution < -0.4 is 24.4 Å². The molecule has 0 saturated carbocycles. The van der Waals surface area contributed by atoms with Crippen LogP contribution in [0.4, 0.5) is 0 Å². The zero-order valence-electron chi connectivity index (χ0n) is 21.6. The molecule has 1 aliphatic rings. The largest absolute Gasteiger partial charge is 0.493 e. The number of fused-ring (bicyclic) bond motifs is 1. The number of allylic oxidation sites excluding steroid dienone is 1. The molecule has 2 aromatic carbocycles. The Balaban J connectivity index is 1.91. The van der Waals surface area contributed by atoms with Crippen LogP contribution in [0.3, 0.4) is 0 Å². The summed E-state index contributed by atoms with van der Waals surface area (Å²) in [7, 11) is 3.09. The number of hydrogen-bond acceptors (Lipinski definition) is 7. The van der Waals surface area contributed by atoms with Crippen molar-refractivity contribution < 1.29 is 19.0 Å². The maximum absolute atomic E-state index is 13.8. The van der Waals surface area contributed by atoms with Crippen LogP contribution in [-0.4, -0.2) is 31.4 Å². The standard InChI is InChI=1S/C29H30N2O5S/c1-7-14-36-28(33)25-18(4)30-29-31(26(25)21-12-13-22(34-5)23(16-21)35-6)27(32)24(37-29)15-19-8-10-20(11-9-19)17(2)3/h7-13,15-17,26H,1,14H2,2-6H3/b24-15-/t26-/m1/s1. The number of benzene rings is 2. The molecule has 0 bridgehead atoms. The average molecular weight is 519 g/mol. The van der Waals surface area contributed by atoms with Crippen LogP contribution >= 0.6 is 11.3 Å². The van der Waals surface area contributed by atoms with Crippen molar-refractivity contribution in [2.24, 2.45) is 4.99 Å². The molecule has 0 saturated heterocycles. The second kappa shape index (κ2) is 11.0. The molecule has 0 unspecified atom stereocenters. The van der Waals surface area contributed by atoms with Crippen LogP contribution in [-0.2, 0) is 9.53 Å². The molecule has 192 valence electrons. The molecule has 37 heavy (non-hydrogen) atoms. The third kappa shape index (κ3) is 5.15. The average Bonchev–Trinajstić information content (AvgIpc) is 3.20. The van der Waals surface area contributed by atoms with E-state index in [1.54, 1.807) is 30.7 Å². The minimum Gasteiger partial charge on any atom is -0.493 e. The highest BCUT2D eigenvalue weighted by Gasteiger charge is 2.34. The van der Waals surface area contributed by atoms with Gasteiger partial charge in [-0.25, -0.2) is 9.79 Å². The molecule has 0 aliphatic carbocycles. The number of thiazole rings is 1. The van der Waals surface area contributed by atoms with Crippen molar-refractivity contribution in [3.05, 3.63) is 103 Å². The Kier molecular flexibility index (Phi) is 7.78. The lowest BCUT2D eigenvalue weighted by Crippen LogP contribution is -2.40. The zero-order valence-corrected chi connectivity index (χ0v) is 22.4. The summed E-state index contributed by atoms with van der Waals surface area (Å²) in [6.45, 7) is 9.70. The Morgan fingerprint density at radius 3 is 2.46 bits per heavy atom. The Labute approximate surface area is 219 Å². The van der Waals surface area contributed by atoms with Crippen LogP contribution in [0.2, 0.25) is 0 Å². The van der Waals surface area contributed by atoms with E-state index in [-0.39, 0.29) is 17.7 Å². The molecule has 4 rings (SSSR count). The van der Waals surface area contributed by atoms with Crippen molar-refractivity contribution in [1.82, 2.24) is 4.57 Å². The van der Waals surface area contributed by atoms with Gasteiger partial charge in [0.05, 0.1) is 36.1 Å². The van der Waals surface area contributed by atoms with Crippen molar-refractivity contribution in [3.63, 3.8) is 0 Å². The lowest BCUT2D eigenvalue weighted by molar-refractivity contribution is -0.138.